The Hall–Kier alpha value is -2.89. The topological polar surface area (TPSA) is 63.1 Å². The first kappa shape index (κ1) is 19.4. The molecule has 152 valence electrons. The van der Waals surface area contributed by atoms with Crippen molar-refractivity contribution in [3.05, 3.63) is 54.0 Å². The molecule has 0 aliphatic carbocycles. The molecule has 0 radical (unpaired) electrons. The van der Waals surface area contributed by atoms with Gasteiger partial charge in [0.25, 0.3) is 5.91 Å². The van der Waals surface area contributed by atoms with Crippen LogP contribution in [0, 0.1) is 5.92 Å². The van der Waals surface area contributed by atoms with Crippen LogP contribution in [0.5, 0.6) is 0 Å². The Balaban J connectivity index is 1.40. The molecule has 29 heavy (non-hydrogen) atoms. The number of hydrogen-bond donors (Lipinski definition) is 1. The van der Waals surface area contributed by atoms with Crippen molar-refractivity contribution in [2.45, 2.75) is 32.6 Å². The van der Waals surface area contributed by atoms with Crippen LogP contribution in [0.3, 0.4) is 0 Å². The van der Waals surface area contributed by atoms with Crippen molar-refractivity contribution >= 4 is 22.5 Å². The van der Waals surface area contributed by atoms with E-state index in [9.17, 15) is 4.79 Å². The first-order valence-electron chi connectivity index (χ1n) is 10.5. The number of rotatable bonds is 6. The molecular formula is C23H29N5O. The Morgan fingerprint density at radius 1 is 1.24 bits per heavy atom. The Morgan fingerprint density at radius 3 is 2.76 bits per heavy atom. The molecule has 0 bridgehead atoms. The summed E-state index contributed by atoms with van der Waals surface area (Å²) in [5.74, 6) is 0.472. The zero-order valence-corrected chi connectivity index (χ0v) is 17.3. The minimum Gasteiger partial charge on any atom is -0.371 e. The molecule has 1 aromatic carbocycles. The lowest BCUT2D eigenvalue weighted by molar-refractivity contribution is 0.0945. The van der Waals surface area contributed by atoms with Gasteiger partial charge in [-0.05, 0) is 37.3 Å². The van der Waals surface area contributed by atoms with Gasteiger partial charge in [0.2, 0.25) is 0 Å². The number of aromatic nitrogens is 3. The molecule has 1 saturated heterocycles. The van der Waals surface area contributed by atoms with Gasteiger partial charge >= 0.3 is 0 Å². The molecule has 0 saturated carbocycles. The molecule has 4 rings (SSSR count). The second kappa shape index (κ2) is 8.64. The number of hydrogen-bond acceptors (Lipinski definition) is 4. The highest BCUT2D eigenvalue weighted by Crippen LogP contribution is 2.30. The lowest BCUT2D eigenvalue weighted by Crippen LogP contribution is -2.38. The van der Waals surface area contributed by atoms with Crippen molar-refractivity contribution in [1.82, 2.24) is 20.1 Å². The van der Waals surface area contributed by atoms with E-state index in [4.69, 9.17) is 4.98 Å². The van der Waals surface area contributed by atoms with Gasteiger partial charge in [0.05, 0.1) is 17.3 Å². The minimum atomic E-state index is -0.0372. The van der Waals surface area contributed by atoms with Crippen LogP contribution in [0.1, 0.15) is 42.2 Å². The number of fused-ring (bicyclic) bond motifs is 1. The standard InChI is InChI=1S/C23H29N5O/c1-3-6-19-13-22(20-7-4-5-8-21(20)26-19)28-11-9-17(10-12-28)14-24-23(29)18-15-25-27(2)16-18/h4-5,7-8,13,15-17H,3,6,9-12,14H2,1-2H3,(H,24,29). The van der Waals surface area contributed by atoms with Crippen LogP contribution < -0.4 is 10.2 Å². The molecule has 2 aromatic heterocycles. The van der Waals surface area contributed by atoms with Crippen molar-refractivity contribution in [2.75, 3.05) is 24.5 Å². The zero-order chi connectivity index (χ0) is 20.2. The fourth-order valence-electron chi connectivity index (χ4n) is 4.11. The molecule has 3 heterocycles. The number of pyridine rings is 1. The first-order chi connectivity index (χ1) is 14.1. The van der Waals surface area contributed by atoms with Crippen molar-refractivity contribution < 1.29 is 4.79 Å². The summed E-state index contributed by atoms with van der Waals surface area (Å²) in [5.41, 5.74) is 4.18. The van der Waals surface area contributed by atoms with Gasteiger partial charge in [0.1, 0.15) is 0 Å². The van der Waals surface area contributed by atoms with Crippen LogP contribution in [-0.2, 0) is 13.5 Å². The quantitative estimate of drug-likeness (QED) is 0.698. The van der Waals surface area contributed by atoms with Crippen molar-refractivity contribution in [3.8, 4) is 0 Å². The number of nitrogens with zero attached hydrogens (tertiary/aromatic N) is 4. The summed E-state index contributed by atoms with van der Waals surface area (Å²) < 4.78 is 1.65. The van der Waals surface area contributed by atoms with E-state index in [-0.39, 0.29) is 5.91 Å². The Kier molecular flexibility index (Phi) is 5.79. The molecule has 1 aliphatic rings. The molecule has 1 N–H and O–H groups in total. The molecule has 3 aromatic rings. The van der Waals surface area contributed by atoms with Crippen LogP contribution in [0.2, 0.25) is 0 Å². The van der Waals surface area contributed by atoms with Crippen LogP contribution >= 0.6 is 0 Å². The molecule has 0 atom stereocenters. The minimum absolute atomic E-state index is 0.0372. The van der Waals surface area contributed by atoms with Crippen LogP contribution in [0.15, 0.2) is 42.7 Å². The molecular weight excluding hydrogens is 362 g/mol. The van der Waals surface area contributed by atoms with Gasteiger partial charge in [0, 0.05) is 49.6 Å². The maximum Gasteiger partial charge on any atom is 0.254 e. The number of carbonyl (C=O) groups is 1. The van der Waals surface area contributed by atoms with E-state index in [1.54, 1.807) is 17.1 Å². The lowest BCUT2D eigenvalue weighted by atomic mass is 9.95. The second-order valence-corrected chi connectivity index (χ2v) is 7.94. The Morgan fingerprint density at radius 2 is 2.03 bits per heavy atom. The third-order valence-corrected chi connectivity index (χ3v) is 5.73. The predicted molar refractivity (Wildman–Crippen MR) is 116 cm³/mol. The number of para-hydroxylation sites is 1. The van der Waals surface area contributed by atoms with E-state index >= 15 is 0 Å². The number of nitrogens with one attached hydrogen (secondary N) is 1. The smallest absolute Gasteiger partial charge is 0.254 e. The summed E-state index contributed by atoms with van der Waals surface area (Å²) in [6, 6.07) is 10.7. The highest BCUT2D eigenvalue weighted by molar-refractivity contribution is 5.93. The normalized spacial score (nSPS) is 15.0. The Labute approximate surface area is 171 Å². The molecule has 1 fully saturated rings. The average Bonchev–Trinajstić information content (AvgIpc) is 3.18. The fraction of sp³-hybridized carbons (Fsp3) is 0.435. The summed E-state index contributed by atoms with van der Waals surface area (Å²) >= 11 is 0. The van der Waals surface area contributed by atoms with E-state index in [0.29, 0.717) is 11.5 Å². The Bertz CT molecular complexity index is 988. The van der Waals surface area contributed by atoms with Gasteiger partial charge in [-0.2, -0.15) is 5.10 Å². The molecule has 6 nitrogen and oxygen atoms in total. The molecule has 1 aliphatic heterocycles. The van der Waals surface area contributed by atoms with E-state index in [2.05, 4.69) is 52.6 Å². The third-order valence-electron chi connectivity index (χ3n) is 5.73. The molecule has 1 amide bonds. The van der Waals surface area contributed by atoms with Crippen molar-refractivity contribution in [1.29, 1.82) is 0 Å². The maximum atomic E-state index is 12.3. The van der Waals surface area contributed by atoms with Crippen LogP contribution in [0.4, 0.5) is 5.69 Å². The van der Waals surface area contributed by atoms with Gasteiger partial charge in [-0.1, -0.05) is 31.5 Å². The first-order valence-corrected chi connectivity index (χ1v) is 10.5. The number of benzene rings is 1. The summed E-state index contributed by atoms with van der Waals surface area (Å²) in [5, 5.41) is 8.37. The summed E-state index contributed by atoms with van der Waals surface area (Å²) in [6.45, 7) is 4.93. The van der Waals surface area contributed by atoms with Crippen molar-refractivity contribution in [2.24, 2.45) is 13.0 Å². The van der Waals surface area contributed by atoms with E-state index in [0.717, 1.165) is 50.8 Å². The highest BCUT2D eigenvalue weighted by Gasteiger charge is 2.22. The van der Waals surface area contributed by atoms with Crippen molar-refractivity contribution in [3.63, 3.8) is 0 Å². The maximum absolute atomic E-state index is 12.3. The van der Waals surface area contributed by atoms with Gasteiger partial charge in [-0.15, -0.1) is 0 Å². The second-order valence-electron chi connectivity index (χ2n) is 7.94. The number of anilines is 1. The van der Waals surface area contributed by atoms with Gasteiger partial charge in [-0.25, -0.2) is 0 Å². The largest absolute Gasteiger partial charge is 0.371 e. The number of carbonyl (C=O) groups excluding carboxylic acids is 1. The van der Waals surface area contributed by atoms with Gasteiger partial charge in [0.15, 0.2) is 0 Å². The fourth-order valence-corrected chi connectivity index (χ4v) is 4.11. The van der Waals surface area contributed by atoms with Gasteiger partial charge in [-0.3, -0.25) is 14.5 Å². The van der Waals surface area contributed by atoms with E-state index < -0.39 is 0 Å². The van der Waals surface area contributed by atoms with Gasteiger partial charge < -0.3 is 10.2 Å². The average molecular weight is 392 g/mol. The van der Waals surface area contributed by atoms with Crippen LogP contribution in [0.25, 0.3) is 10.9 Å². The number of amides is 1. The number of piperidine rings is 1. The lowest BCUT2D eigenvalue weighted by Gasteiger charge is -2.34. The monoisotopic (exact) mass is 391 g/mol. The molecule has 0 unspecified atom stereocenters. The van der Waals surface area contributed by atoms with Crippen LogP contribution in [-0.4, -0.2) is 40.3 Å². The molecule has 6 heteroatoms. The summed E-state index contributed by atoms with van der Waals surface area (Å²) in [6.07, 6.45) is 7.62. The summed E-state index contributed by atoms with van der Waals surface area (Å²) in [7, 11) is 1.82. The SMILES string of the molecule is CCCc1cc(N2CCC(CNC(=O)c3cnn(C)c3)CC2)c2ccccc2n1. The number of aryl methyl sites for hydroxylation is 2. The molecule has 0 spiro atoms. The zero-order valence-electron chi connectivity index (χ0n) is 17.3. The summed E-state index contributed by atoms with van der Waals surface area (Å²) in [4.78, 5) is 19.6. The third kappa shape index (κ3) is 4.42. The highest BCUT2D eigenvalue weighted by atomic mass is 16.1. The van der Waals surface area contributed by atoms with E-state index in [1.165, 1.54) is 16.8 Å². The predicted octanol–water partition coefficient (Wildman–Crippen LogP) is 3.57. The van der Waals surface area contributed by atoms with E-state index in [1.807, 2.05) is 7.05 Å².